The van der Waals surface area contributed by atoms with E-state index in [-0.39, 0.29) is 4.90 Å². The average Bonchev–Trinajstić information content (AvgIpc) is 2.89. The summed E-state index contributed by atoms with van der Waals surface area (Å²) in [4.78, 5) is 0.172. The van der Waals surface area contributed by atoms with E-state index in [0.29, 0.717) is 36.1 Å². The van der Waals surface area contributed by atoms with E-state index < -0.39 is 21.0 Å². The van der Waals surface area contributed by atoms with Gasteiger partial charge in [0.05, 0.1) is 4.90 Å². The number of halogens is 1. The summed E-state index contributed by atoms with van der Waals surface area (Å²) in [6, 6.07) is 15.7. The highest BCUT2D eigenvalue weighted by Crippen LogP contribution is 2.39. The van der Waals surface area contributed by atoms with Crippen molar-refractivity contribution in [2.75, 3.05) is 6.54 Å². The second kappa shape index (κ2) is 10.7. The highest BCUT2D eigenvalue weighted by atomic mass is 35.5. The van der Waals surface area contributed by atoms with E-state index in [1.54, 1.807) is 6.07 Å². The molecule has 1 aromatic rings. The van der Waals surface area contributed by atoms with E-state index in [1.165, 1.54) is 24.3 Å². The van der Waals surface area contributed by atoms with Crippen LogP contribution >= 0.6 is 11.6 Å². The summed E-state index contributed by atoms with van der Waals surface area (Å²) >= 11 is 5.81. The van der Waals surface area contributed by atoms with Gasteiger partial charge in [-0.3, -0.25) is 0 Å². The number of aryl methyl sites for hydroxylation is 1. The first-order valence-corrected chi connectivity index (χ1v) is 13.3. The van der Waals surface area contributed by atoms with Gasteiger partial charge in [0.2, 0.25) is 10.0 Å². The van der Waals surface area contributed by atoms with E-state index in [9.17, 15) is 16.8 Å². The van der Waals surface area contributed by atoms with Gasteiger partial charge in [-0.05, 0) is 72.2 Å². The third-order valence-electron chi connectivity index (χ3n) is 5.22. The first-order valence-electron chi connectivity index (χ1n) is 10.3. The minimum absolute atomic E-state index is 0.172. The van der Waals surface area contributed by atoms with Gasteiger partial charge < -0.3 is 4.18 Å². The first kappa shape index (κ1) is 24.5. The van der Waals surface area contributed by atoms with Crippen molar-refractivity contribution in [3.63, 3.8) is 0 Å². The van der Waals surface area contributed by atoms with E-state index in [0.717, 1.165) is 28.7 Å². The molecule has 2 aliphatic rings. The highest BCUT2D eigenvalue weighted by Gasteiger charge is 2.18. The molecule has 1 N–H and O–H groups in total. The maximum Gasteiger partial charge on any atom is 0.299 e. The zero-order valence-corrected chi connectivity index (χ0v) is 20.3. The van der Waals surface area contributed by atoms with E-state index >= 15 is 0 Å². The summed E-state index contributed by atoms with van der Waals surface area (Å²) in [7, 11) is -6.60. The number of hydrogen-bond acceptors (Lipinski definition) is 5. The molecule has 0 atom stereocenters. The predicted molar refractivity (Wildman–Crippen MR) is 128 cm³/mol. The van der Waals surface area contributed by atoms with Gasteiger partial charge in [0, 0.05) is 17.1 Å². The Bertz CT molecular complexity index is 1210. The molecule has 172 valence electrons. The Kier molecular flexibility index (Phi) is 8.16. The molecule has 0 saturated carbocycles. The Morgan fingerprint density at radius 1 is 0.969 bits per heavy atom. The Hall–Kier alpha value is -2.13. The molecule has 6 nitrogen and oxygen atoms in total. The van der Waals surface area contributed by atoms with E-state index in [4.69, 9.17) is 15.8 Å². The van der Waals surface area contributed by atoms with Crippen molar-refractivity contribution in [3.8, 4) is 16.9 Å². The Morgan fingerprint density at radius 2 is 1.62 bits per heavy atom. The SMILES string of the molecule is CC(C)c1ccc2c(CCCCNS(=O)(=O)c3ccc(Cl)cc3)cc(O[SH](=O)=O)c-2cc1. The van der Waals surface area contributed by atoms with Gasteiger partial charge in [-0.1, -0.05) is 49.7 Å². The standard InChI is InChI=1S/C23H26ClNO5S2/c1-16(2)17-6-12-21-18(15-23(30-31(26)27)22(21)13-7-17)5-3-4-14-25-32(28,29)20-10-8-19(24)9-11-20/h6-13,15-16,25,31H,3-5,14H2,1-2H3. The minimum atomic E-state index is -3.58. The number of unbranched alkanes of at least 4 members (excludes halogenated alkanes) is 1. The van der Waals surface area contributed by atoms with Crippen molar-refractivity contribution < 1.29 is 21.0 Å². The molecule has 0 saturated heterocycles. The normalized spacial score (nSPS) is 12.0. The molecule has 0 heterocycles. The van der Waals surface area contributed by atoms with Crippen molar-refractivity contribution in [1.82, 2.24) is 4.72 Å². The molecular weight excluding hydrogens is 470 g/mol. The second-order valence-corrected chi connectivity index (χ2v) is 10.6. The number of sulfonamides is 1. The lowest BCUT2D eigenvalue weighted by atomic mass is 10.0. The predicted octanol–water partition coefficient (Wildman–Crippen LogP) is 4.77. The van der Waals surface area contributed by atoms with Crippen molar-refractivity contribution >= 4 is 32.6 Å². The quantitative estimate of drug-likeness (QED) is 0.312. The fourth-order valence-electron chi connectivity index (χ4n) is 3.49. The molecule has 0 fully saturated rings. The lowest BCUT2D eigenvalue weighted by Gasteiger charge is -2.07. The Labute approximate surface area is 196 Å². The van der Waals surface area contributed by atoms with Crippen LogP contribution in [0.3, 0.4) is 0 Å². The van der Waals surface area contributed by atoms with Crippen LogP contribution in [-0.4, -0.2) is 23.4 Å². The molecule has 0 bridgehead atoms. The van der Waals surface area contributed by atoms with Crippen LogP contribution in [0.25, 0.3) is 11.1 Å². The van der Waals surface area contributed by atoms with Crippen LogP contribution in [0.5, 0.6) is 5.75 Å². The number of hydrogen-bond donors (Lipinski definition) is 2. The molecule has 32 heavy (non-hydrogen) atoms. The third-order valence-corrected chi connectivity index (χ3v) is 7.29. The van der Waals surface area contributed by atoms with Gasteiger partial charge in [0.25, 0.3) is 11.0 Å². The average molecular weight is 496 g/mol. The molecule has 9 heteroatoms. The molecule has 2 aliphatic carbocycles. The van der Waals surface area contributed by atoms with Gasteiger partial charge in [-0.15, -0.1) is 0 Å². The van der Waals surface area contributed by atoms with Gasteiger partial charge in [-0.2, -0.15) is 8.42 Å². The third kappa shape index (κ3) is 6.22. The molecule has 0 aliphatic heterocycles. The number of thiol groups is 1. The molecule has 3 rings (SSSR count). The van der Waals surface area contributed by atoms with Crippen LogP contribution in [0.1, 0.15) is 43.7 Å². The summed E-state index contributed by atoms with van der Waals surface area (Å²) in [5.41, 5.74) is 3.79. The van der Waals surface area contributed by atoms with Crippen molar-refractivity contribution in [2.45, 2.75) is 43.9 Å². The van der Waals surface area contributed by atoms with Crippen molar-refractivity contribution in [3.05, 3.63) is 70.7 Å². The zero-order chi connectivity index (χ0) is 23.3. The molecule has 0 amide bonds. The molecule has 0 radical (unpaired) electrons. The molecule has 0 aromatic heterocycles. The number of rotatable bonds is 10. The van der Waals surface area contributed by atoms with Crippen LogP contribution in [0, 0.1) is 0 Å². The number of nitrogens with one attached hydrogen (secondary N) is 1. The number of fused-ring (bicyclic) bond motifs is 1. The van der Waals surface area contributed by atoms with Gasteiger partial charge in [-0.25, -0.2) is 13.1 Å². The monoisotopic (exact) mass is 495 g/mol. The summed E-state index contributed by atoms with van der Waals surface area (Å²) in [6.45, 7) is 4.49. The first-order chi connectivity index (χ1) is 15.2. The molecule has 1 aromatic carbocycles. The van der Waals surface area contributed by atoms with E-state index in [2.05, 4.69) is 18.6 Å². The maximum atomic E-state index is 12.4. The topological polar surface area (TPSA) is 89.5 Å². The summed E-state index contributed by atoms with van der Waals surface area (Å²) < 4.78 is 54.6. The minimum Gasteiger partial charge on any atom is -0.384 e. The molecular formula is C23H26ClNO5S2. The second-order valence-electron chi connectivity index (χ2n) is 7.81. The lowest BCUT2D eigenvalue weighted by molar-refractivity contribution is 0.512. The van der Waals surface area contributed by atoms with Gasteiger partial charge >= 0.3 is 0 Å². The van der Waals surface area contributed by atoms with Crippen LogP contribution in [-0.2, 0) is 27.4 Å². The van der Waals surface area contributed by atoms with Crippen molar-refractivity contribution in [1.29, 1.82) is 0 Å². The van der Waals surface area contributed by atoms with Gasteiger partial charge in [0.15, 0.2) is 0 Å². The smallest absolute Gasteiger partial charge is 0.299 e. The van der Waals surface area contributed by atoms with Crippen LogP contribution in [0.4, 0.5) is 0 Å². The molecule has 0 unspecified atom stereocenters. The van der Waals surface area contributed by atoms with Crippen LogP contribution in [0.15, 0.2) is 59.5 Å². The Balaban J connectivity index is 1.67. The fraction of sp³-hybridized carbons (Fsp3) is 0.304. The Morgan fingerprint density at radius 3 is 2.25 bits per heavy atom. The van der Waals surface area contributed by atoms with Crippen LogP contribution in [0.2, 0.25) is 5.02 Å². The number of benzene rings is 1. The summed E-state index contributed by atoms with van der Waals surface area (Å²) in [6.07, 6.45) is 2.02. The summed E-state index contributed by atoms with van der Waals surface area (Å²) in [5.74, 6) is 0.657. The van der Waals surface area contributed by atoms with Crippen molar-refractivity contribution in [2.24, 2.45) is 0 Å². The maximum absolute atomic E-state index is 12.4. The lowest BCUT2D eigenvalue weighted by Crippen LogP contribution is -2.24. The highest BCUT2D eigenvalue weighted by molar-refractivity contribution is 7.89. The van der Waals surface area contributed by atoms with Gasteiger partial charge in [0.1, 0.15) is 5.75 Å². The zero-order valence-electron chi connectivity index (χ0n) is 17.9. The van der Waals surface area contributed by atoms with E-state index in [1.807, 2.05) is 24.3 Å². The fourth-order valence-corrected chi connectivity index (χ4v) is 5.01. The molecule has 0 spiro atoms. The summed E-state index contributed by atoms with van der Waals surface area (Å²) in [5, 5.41) is 0.477. The van der Waals surface area contributed by atoms with Crippen LogP contribution < -0.4 is 8.91 Å². The largest absolute Gasteiger partial charge is 0.384 e.